The lowest BCUT2D eigenvalue weighted by molar-refractivity contribution is -0.155. The molecule has 174 valence electrons. The first-order chi connectivity index (χ1) is 14.5. The van der Waals surface area contributed by atoms with Gasteiger partial charge < -0.3 is 14.9 Å². The second-order valence-electron chi connectivity index (χ2n) is 6.21. The second kappa shape index (κ2) is 9.24. The van der Waals surface area contributed by atoms with Gasteiger partial charge in [0, 0.05) is 0 Å². The van der Waals surface area contributed by atoms with E-state index in [2.05, 4.69) is 0 Å². The van der Waals surface area contributed by atoms with Crippen LogP contribution in [-0.4, -0.2) is 22.2 Å². The molecule has 0 saturated heterocycles. The van der Waals surface area contributed by atoms with Crippen molar-refractivity contribution in [3.63, 3.8) is 0 Å². The van der Waals surface area contributed by atoms with E-state index in [9.17, 15) is 35.9 Å². The van der Waals surface area contributed by atoms with Crippen molar-refractivity contribution >= 4 is 46.7 Å². The van der Waals surface area contributed by atoms with Crippen molar-refractivity contribution in [1.82, 2.24) is 0 Å². The monoisotopic (exact) mass is 524 g/mol. The SMILES string of the molecule is O=C(O)C(Cc1cc(Oc2c(Cl)cc(C(F)(F)F)c(Cl)c2Cl)ccc1C(F)(F)F)C(=O)O. The number of ether oxygens (including phenoxy) is 1. The van der Waals surface area contributed by atoms with Crippen molar-refractivity contribution in [3.8, 4) is 11.5 Å². The van der Waals surface area contributed by atoms with E-state index in [0.717, 1.165) is 6.07 Å². The van der Waals surface area contributed by atoms with Crippen molar-refractivity contribution in [2.75, 3.05) is 0 Å². The Morgan fingerprint density at radius 3 is 1.88 bits per heavy atom. The number of hydrogen-bond acceptors (Lipinski definition) is 3. The minimum atomic E-state index is -4.97. The van der Waals surface area contributed by atoms with Gasteiger partial charge in [0.25, 0.3) is 0 Å². The number of carboxylic acid groups (broad SMARTS) is 2. The van der Waals surface area contributed by atoms with Crippen LogP contribution >= 0.6 is 34.8 Å². The van der Waals surface area contributed by atoms with E-state index in [4.69, 9.17) is 49.8 Å². The Morgan fingerprint density at radius 2 is 1.41 bits per heavy atom. The molecule has 0 unspecified atom stereocenters. The Kier molecular flexibility index (Phi) is 7.48. The maximum absolute atomic E-state index is 13.3. The van der Waals surface area contributed by atoms with Crippen LogP contribution in [0.15, 0.2) is 24.3 Å². The van der Waals surface area contributed by atoms with Crippen molar-refractivity contribution in [1.29, 1.82) is 0 Å². The number of rotatable bonds is 6. The lowest BCUT2D eigenvalue weighted by atomic mass is 9.95. The lowest BCUT2D eigenvalue weighted by Crippen LogP contribution is -2.26. The zero-order valence-electron chi connectivity index (χ0n) is 15.1. The predicted molar refractivity (Wildman–Crippen MR) is 100 cm³/mol. The number of halogens is 9. The van der Waals surface area contributed by atoms with Gasteiger partial charge in [-0.05, 0) is 36.2 Å². The molecule has 0 bridgehead atoms. The van der Waals surface area contributed by atoms with Gasteiger partial charge in [0.05, 0.1) is 21.2 Å². The van der Waals surface area contributed by atoms with E-state index in [-0.39, 0.29) is 0 Å². The topological polar surface area (TPSA) is 83.8 Å². The Balaban J connectivity index is 2.56. The highest BCUT2D eigenvalue weighted by Crippen LogP contribution is 2.47. The quantitative estimate of drug-likeness (QED) is 0.246. The molecule has 0 aliphatic heterocycles. The third kappa shape index (κ3) is 5.70. The lowest BCUT2D eigenvalue weighted by Gasteiger charge is -2.18. The maximum atomic E-state index is 13.3. The van der Waals surface area contributed by atoms with Crippen molar-refractivity contribution in [2.45, 2.75) is 18.8 Å². The molecule has 2 rings (SSSR count). The fourth-order valence-electron chi connectivity index (χ4n) is 2.58. The molecule has 0 aliphatic carbocycles. The van der Waals surface area contributed by atoms with Gasteiger partial charge in [-0.3, -0.25) is 9.59 Å². The molecule has 0 fully saturated rings. The number of alkyl halides is 6. The molecule has 14 heteroatoms. The first-order valence-electron chi connectivity index (χ1n) is 8.12. The predicted octanol–water partition coefficient (Wildman–Crippen LogP) is 6.80. The average Bonchev–Trinajstić information content (AvgIpc) is 2.63. The van der Waals surface area contributed by atoms with Gasteiger partial charge in [-0.1, -0.05) is 34.8 Å². The van der Waals surface area contributed by atoms with E-state index >= 15 is 0 Å². The van der Waals surface area contributed by atoms with E-state index in [1.54, 1.807) is 0 Å². The molecule has 5 nitrogen and oxygen atoms in total. The fourth-order valence-corrected chi connectivity index (χ4v) is 3.36. The normalized spacial score (nSPS) is 12.2. The molecule has 32 heavy (non-hydrogen) atoms. The molecule has 0 heterocycles. The maximum Gasteiger partial charge on any atom is 0.417 e. The zero-order chi connectivity index (χ0) is 24.6. The summed E-state index contributed by atoms with van der Waals surface area (Å²) in [7, 11) is 0. The number of hydrogen-bond donors (Lipinski definition) is 2. The van der Waals surface area contributed by atoms with Crippen LogP contribution in [-0.2, 0) is 28.4 Å². The molecular weight excluding hydrogens is 517 g/mol. The average molecular weight is 526 g/mol. The fraction of sp³-hybridized carbons (Fsp3) is 0.222. The third-order valence-corrected chi connectivity index (χ3v) is 5.17. The number of benzene rings is 2. The Morgan fingerprint density at radius 1 is 0.875 bits per heavy atom. The first-order valence-corrected chi connectivity index (χ1v) is 9.25. The van der Waals surface area contributed by atoms with Gasteiger partial charge in [0.1, 0.15) is 10.8 Å². The Bertz CT molecular complexity index is 1050. The second-order valence-corrected chi connectivity index (χ2v) is 7.38. The molecule has 0 amide bonds. The molecule has 2 N–H and O–H groups in total. The van der Waals surface area contributed by atoms with Crippen LogP contribution in [0.1, 0.15) is 16.7 Å². The summed E-state index contributed by atoms with van der Waals surface area (Å²) >= 11 is 17.2. The highest BCUT2D eigenvalue weighted by atomic mass is 35.5. The van der Waals surface area contributed by atoms with Crippen LogP contribution in [0.25, 0.3) is 0 Å². The number of carbonyl (C=O) groups is 2. The summed E-state index contributed by atoms with van der Waals surface area (Å²) in [6, 6.07) is 2.33. The van der Waals surface area contributed by atoms with Crippen LogP contribution in [0, 0.1) is 5.92 Å². The van der Waals surface area contributed by atoms with Crippen molar-refractivity contribution < 1.29 is 50.9 Å². The smallest absolute Gasteiger partial charge is 0.417 e. The van der Waals surface area contributed by atoms with Crippen LogP contribution in [0.2, 0.25) is 15.1 Å². The molecule has 0 aromatic heterocycles. The number of carboxylic acids is 2. The van der Waals surface area contributed by atoms with Gasteiger partial charge in [-0.2, -0.15) is 26.3 Å². The van der Waals surface area contributed by atoms with Gasteiger partial charge in [0.2, 0.25) is 0 Å². The highest BCUT2D eigenvalue weighted by Gasteiger charge is 2.38. The van der Waals surface area contributed by atoms with E-state index in [1.165, 1.54) is 0 Å². The molecule has 2 aromatic carbocycles. The van der Waals surface area contributed by atoms with Gasteiger partial charge in [0.15, 0.2) is 11.7 Å². The summed E-state index contributed by atoms with van der Waals surface area (Å²) in [5.41, 5.74) is -3.46. The minimum absolute atomic E-state index is 0.404. The summed E-state index contributed by atoms with van der Waals surface area (Å²) in [6.45, 7) is 0. The zero-order valence-corrected chi connectivity index (χ0v) is 17.4. The van der Waals surface area contributed by atoms with Crippen LogP contribution < -0.4 is 4.74 Å². The molecular formula is C18H9Cl3F6O5. The first kappa shape index (κ1) is 25.9. The summed E-state index contributed by atoms with van der Waals surface area (Å²) in [5, 5.41) is 15.5. The number of aliphatic carboxylic acids is 2. The minimum Gasteiger partial charge on any atom is -0.481 e. The van der Waals surface area contributed by atoms with Gasteiger partial charge >= 0.3 is 24.3 Å². The van der Waals surface area contributed by atoms with Crippen LogP contribution in [0.3, 0.4) is 0 Å². The Labute approximate surface area is 190 Å². The Hall–Kier alpha value is -2.37. The van der Waals surface area contributed by atoms with Crippen molar-refractivity contribution in [3.05, 3.63) is 56.0 Å². The largest absolute Gasteiger partial charge is 0.481 e. The van der Waals surface area contributed by atoms with E-state index < -0.39 is 79.9 Å². The molecule has 0 aliphatic rings. The van der Waals surface area contributed by atoms with Gasteiger partial charge in [-0.25, -0.2) is 0 Å². The summed E-state index contributed by atoms with van der Waals surface area (Å²) < 4.78 is 84.1. The highest BCUT2D eigenvalue weighted by molar-refractivity contribution is 6.45. The molecule has 0 radical (unpaired) electrons. The molecule has 0 atom stereocenters. The van der Waals surface area contributed by atoms with Crippen molar-refractivity contribution in [2.24, 2.45) is 5.92 Å². The summed E-state index contributed by atoms with van der Waals surface area (Å²) in [5.74, 6) is -7.01. The van der Waals surface area contributed by atoms with Crippen LogP contribution in [0.4, 0.5) is 26.3 Å². The summed E-state index contributed by atoms with van der Waals surface area (Å²) in [6.07, 6.45) is -10.9. The third-order valence-electron chi connectivity index (χ3n) is 4.04. The van der Waals surface area contributed by atoms with E-state index in [0.29, 0.717) is 18.2 Å². The summed E-state index contributed by atoms with van der Waals surface area (Å²) in [4.78, 5) is 22.2. The van der Waals surface area contributed by atoms with E-state index in [1.807, 2.05) is 0 Å². The van der Waals surface area contributed by atoms with Gasteiger partial charge in [-0.15, -0.1) is 0 Å². The standard InChI is InChI=1S/C18H9Cl3F6O5/c19-11-5-10(18(25,26)27)12(20)13(21)14(11)32-7-1-2-9(17(22,23)24)6(3-7)4-8(15(28)29)16(30)31/h1-3,5,8H,4H2,(H,28,29)(H,30,31). The molecule has 2 aromatic rings. The van der Waals surface area contributed by atoms with Crippen LogP contribution in [0.5, 0.6) is 11.5 Å². The molecule has 0 saturated carbocycles. The molecule has 0 spiro atoms.